The molecular weight excluding hydrogens is 490 g/mol. The first-order valence-corrected chi connectivity index (χ1v) is 11.8. The second-order valence-electron chi connectivity index (χ2n) is 8.83. The van der Waals surface area contributed by atoms with Gasteiger partial charge in [-0.15, -0.1) is 15.3 Å². The van der Waals surface area contributed by atoms with Crippen LogP contribution in [0.5, 0.6) is 23.0 Å². The fraction of sp³-hybridized carbons (Fsp3) is 0.333. The van der Waals surface area contributed by atoms with Crippen LogP contribution in [0.2, 0.25) is 0 Å². The first-order chi connectivity index (χ1) is 18.2. The van der Waals surface area contributed by atoms with Gasteiger partial charge in [0.1, 0.15) is 40.1 Å². The van der Waals surface area contributed by atoms with Crippen molar-refractivity contribution >= 4 is 28.4 Å². The largest absolute Gasteiger partial charge is 0.496 e. The highest BCUT2D eigenvalue weighted by molar-refractivity contribution is 5.67. The predicted molar refractivity (Wildman–Crippen MR) is 144 cm³/mol. The molecule has 0 spiro atoms. The number of ether oxygens (including phenoxy) is 4. The van der Waals surface area contributed by atoms with Gasteiger partial charge in [0.2, 0.25) is 0 Å². The average Bonchev–Trinajstić information content (AvgIpc) is 2.94. The average molecular weight is 522 g/mol. The number of benzene rings is 3. The van der Waals surface area contributed by atoms with Gasteiger partial charge in [0.25, 0.3) is 5.69 Å². The SMILES string of the molecule is CCC(C)(C)c1cc(OC)c(N=Nc2cc(OC)c(N=Nc3ccc([N+](=O)[O-])cc3)cc2OC)cc1OC. The zero-order valence-electron chi connectivity index (χ0n) is 22.5. The van der Waals surface area contributed by atoms with Gasteiger partial charge in [0.05, 0.1) is 39.0 Å². The summed E-state index contributed by atoms with van der Waals surface area (Å²) in [7, 11) is 6.20. The van der Waals surface area contributed by atoms with Crippen LogP contribution in [0.1, 0.15) is 32.8 Å². The molecule has 0 aliphatic heterocycles. The van der Waals surface area contributed by atoms with E-state index in [9.17, 15) is 10.1 Å². The summed E-state index contributed by atoms with van der Waals surface area (Å²) in [6.45, 7) is 6.40. The maximum Gasteiger partial charge on any atom is 0.269 e. The summed E-state index contributed by atoms with van der Waals surface area (Å²) in [5.74, 6) is 2.03. The lowest BCUT2D eigenvalue weighted by atomic mass is 9.81. The molecule has 0 bridgehead atoms. The van der Waals surface area contributed by atoms with Crippen molar-refractivity contribution in [2.75, 3.05) is 28.4 Å². The molecular formula is C27H31N5O6. The fourth-order valence-corrected chi connectivity index (χ4v) is 3.56. The van der Waals surface area contributed by atoms with Gasteiger partial charge < -0.3 is 18.9 Å². The molecule has 0 saturated heterocycles. The molecule has 11 heteroatoms. The minimum atomic E-state index is -0.478. The molecule has 3 aromatic rings. The Morgan fingerprint density at radius 3 is 1.55 bits per heavy atom. The van der Waals surface area contributed by atoms with E-state index in [2.05, 4.69) is 41.2 Å². The van der Waals surface area contributed by atoms with Crippen molar-refractivity contribution in [1.82, 2.24) is 0 Å². The summed E-state index contributed by atoms with van der Waals surface area (Å²) >= 11 is 0. The molecule has 0 amide bonds. The molecule has 0 aliphatic carbocycles. The topological polar surface area (TPSA) is 130 Å². The Kier molecular flexibility index (Phi) is 8.95. The molecule has 200 valence electrons. The van der Waals surface area contributed by atoms with Crippen LogP contribution in [0.4, 0.5) is 28.4 Å². The normalized spacial score (nSPS) is 11.7. The highest BCUT2D eigenvalue weighted by atomic mass is 16.6. The molecule has 0 N–H and O–H groups in total. The summed E-state index contributed by atoms with van der Waals surface area (Å²) < 4.78 is 22.2. The number of nitro groups is 1. The van der Waals surface area contributed by atoms with E-state index in [0.29, 0.717) is 45.7 Å². The minimum Gasteiger partial charge on any atom is -0.496 e. The Balaban J connectivity index is 1.98. The predicted octanol–water partition coefficient (Wildman–Crippen LogP) is 8.15. The third-order valence-electron chi connectivity index (χ3n) is 6.19. The number of rotatable bonds is 11. The van der Waals surface area contributed by atoms with Crippen LogP contribution in [0.15, 0.2) is 69.0 Å². The Bertz CT molecular complexity index is 1350. The summed E-state index contributed by atoms with van der Waals surface area (Å²) in [5.41, 5.74) is 2.57. The van der Waals surface area contributed by atoms with E-state index in [1.807, 2.05) is 6.07 Å². The van der Waals surface area contributed by atoms with Crippen molar-refractivity contribution in [2.24, 2.45) is 20.5 Å². The lowest BCUT2D eigenvalue weighted by Gasteiger charge is -2.26. The smallest absolute Gasteiger partial charge is 0.269 e. The second kappa shape index (κ2) is 12.1. The van der Waals surface area contributed by atoms with Crippen LogP contribution in [0, 0.1) is 10.1 Å². The molecule has 0 radical (unpaired) electrons. The van der Waals surface area contributed by atoms with Crippen LogP contribution in [0.25, 0.3) is 0 Å². The van der Waals surface area contributed by atoms with E-state index >= 15 is 0 Å². The van der Waals surface area contributed by atoms with Gasteiger partial charge in [0, 0.05) is 35.9 Å². The summed E-state index contributed by atoms with van der Waals surface area (Å²) in [4.78, 5) is 10.4. The van der Waals surface area contributed by atoms with E-state index in [0.717, 1.165) is 12.0 Å². The lowest BCUT2D eigenvalue weighted by molar-refractivity contribution is -0.384. The van der Waals surface area contributed by atoms with Crippen molar-refractivity contribution in [1.29, 1.82) is 0 Å². The van der Waals surface area contributed by atoms with E-state index < -0.39 is 4.92 Å². The number of nitro benzene ring substituents is 1. The fourth-order valence-electron chi connectivity index (χ4n) is 3.56. The van der Waals surface area contributed by atoms with Gasteiger partial charge in [-0.1, -0.05) is 20.8 Å². The quantitative estimate of drug-likeness (QED) is 0.142. The number of hydrogen-bond acceptors (Lipinski definition) is 10. The molecule has 11 nitrogen and oxygen atoms in total. The van der Waals surface area contributed by atoms with Crippen molar-refractivity contribution in [3.63, 3.8) is 0 Å². The second-order valence-corrected chi connectivity index (χ2v) is 8.83. The monoisotopic (exact) mass is 521 g/mol. The molecule has 0 atom stereocenters. The Hall–Kier alpha value is -4.54. The van der Waals surface area contributed by atoms with Gasteiger partial charge in [-0.05, 0) is 30.0 Å². The van der Waals surface area contributed by atoms with Crippen molar-refractivity contribution in [2.45, 2.75) is 32.6 Å². The molecule has 0 saturated carbocycles. The standard InChI is InChI=1S/C27H31N5O6/c1-8-27(2,3)19-13-24(36-5)20(14-23(19)35-4)30-31-22-16-25(37-6)21(15-26(22)38-7)29-28-17-9-11-18(12-10-17)32(33)34/h9-16H,8H2,1-7H3. The van der Waals surface area contributed by atoms with E-state index in [1.165, 1.54) is 38.5 Å². The number of nitrogens with zero attached hydrogens (tertiary/aromatic N) is 5. The van der Waals surface area contributed by atoms with Gasteiger partial charge in [-0.25, -0.2) is 0 Å². The van der Waals surface area contributed by atoms with Crippen molar-refractivity contribution in [3.8, 4) is 23.0 Å². The number of azo groups is 2. The molecule has 0 fully saturated rings. The minimum absolute atomic E-state index is 0.0316. The van der Waals surface area contributed by atoms with Gasteiger partial charge in [-0.2, -0.15) is 5.11 Å². The third-order valence-corrected chi connectivity index (χ3v) is 6.19. The van der Waals surface area contributed by atoms with Crippen LogP contribution in [-0.4, -0.2) is 33.4 Å². The molecule has 0 heterocycles. The van der Waals surface area contributed by atoms with Crippen molar-refractivity contribution in [3.05, 3.63) is 64.2 Å². The zero-order chi connectivity index (χ0) is 27.9. The van der Waals surface area contributed by atoms with Gasteiger partial charge in [0.15, 0.2) is 0 Å². The Morgan fingerprint density at radius 1 is 0.711 bits per heavy atom. The highest BCUT2D eigenvalue weighted by Gasteiger charge is 2.25. The maximum atomic E-state index is 10.8. The van der Waals surface area contributed by atoms with Crippen molar-refractivity contribution < 1.29 is 23.9 Å². The lowest BCUT2D eigenvalue weighted by Crippen LogP contribution is -2.16. The van der Waals surface area contributed by atoms with E-state index in [-0.39, 0.29) is 11.1 Å². The molecule has 0 aromatic heterocycles. The summed E-state index contributed by atoms with van der Waals surface area (Å²) in [6.07, 6.45) is 0.915. The van der Waals surface area contributed by atoms with Gasteiger partial charge in [-0.3, -0.25) is 10.1 Å². The first kappa shape index (κ1) is 28.0. The molecule has 0 unspecified atom stereocenters. The van der Waals surface area contributed by atoms with Crippen LogP contribution in [0.3, 0.4) is 0 Å². The summed E-state index contributed by atoms with van der Waals surface area (Å²) in [6, 6.07) is 12.7. The zero-order valence-corrected chi connectivity index (χ0v) is 22.5. The highest BCUT2D eigenvalue weighted by Crippen LogP contribution is 2.44. The maximum absolute atomic E-state index is 10.8. The van der Waals surface area contributed by atoms with Crippen LogP contribution < -0.4 is 18.9 Å². The third kappa shape index (κ3) is 6.23. The van der Waals surface area contributed by atoms with E-state index in [4.69, 9.17) is 18.9 Å². The number of methoxy groups -OCH3 is 4. The number of hydrogen-bond donors (Lipinski definition) is 0. The van der Waals surface area contributed by atoms with Crippen LogP contribution >= 0.6 is 0 Å². The first-order valence-electron chi connectivity index (χ1n) is 11.8. The molecule has 38 heavy (non-hydrogen) atoms. The molecule has 0 aliphatic rings. The van der Waals surface area contributed by atoms with E-state index in [1.54, 1.807) is 32.4 Å². The Labute approximate surface area is 221 Å². The number of non-ortho nitro benzene ring substituents is 1. The van der Waals surface area contributed by atoms with Crippen LogP contribution in [-0.2, 0) is 5.41 Å². The molecule has 3 aromatic carbocycles. The molecule has 3 rings (SSSR count). The Morgan fingerprint density at radius 2 is 1.13 bits per heavy atom. The van der Waals surface area contributed by atoms with Gasteiger partial charge >= 0.3 is 0 Å². The summed E-state index contributed by atoms with van der Waals surface area (Å²) in [5, 5.41) is 28.0.